The number of carbonyl (C=O) groups is 1. The first-order valence-electron chi connectivity index (χ1n) is 7.86. The number of carbonyl (C=O) groups excluding carboxylic acids is 1. The second-order valence-electron chi connectivity index (χ2n) is 5.62. The summed E-state index contributed by atoms with van der Waals surface area (Å²) in [5, 5.41) is 3.60. The summed E-state index contributed by atoms with van der Waals surface area (Å²) in [6.07, 6.45) is 3.20. The molecular weight excluding hydrogens is 301 g/mol. The van der Waals surface area contributed by atoms with Crippen molar-refractivity contribution in [1.29, 1.82) is 0 Å². The van der Waals surface area contributed by atoms with Crippen LogP contribution in [0.2, 0.25) is 0 Å². The quantitative estimate of drug-likeness (QED) is 0.783. The van der Waals surface area contributed by atoms with Crippen LogP contribution in [0.15, 0.2) is 18.2 Å². The van der Waals surface area contributed by atoms with Crippen molar-refractivity contribution in [3.63, 3.8) is 0 Å². The summed E-state index contributed by atoms with van der Waals surface area (Å²) in [5.74, 6) is 0.773. The van der Waals surface area contributed by atoms with Crippen molar-refractivity contribution in [2.24, 2.45) is 0 Å². The van der Waals surface area contributed by atoms with E-state index in [1.165, 1.54) is 6.07 Å². The van der Waals surface area contributed by atoms with Crippen LogP contribution in [0.1, 0.15) is 30.4 Å². The van der Waals surface area contributed by atoms with Crippen LogP contribution in [0.4, 0.5) is 4.39 Å². The van der Waals surface area contributed by atoms with Crippen LogP contribution in [0.5, 0.6) is 0 Å². The highest BCUT2D eigenvalue weighted by Gasteiger charge is 2.13. The fourth-order valence-corrected chi connectivity index (χ4v) is 3.48. The summed E-state index contributed by atoms with van der Waals surface area (Å²) in [5.41, 5.74) is 1.51. The molecule has 1 aliphatic heterocycles. The predicted molar refractivity (Wildman–Crippen MR) is 88.8 cm³/mol. The normalized spacial score (nSPS) is 15.7. The molecule has 0 aliphatic carbocycles. The first kappa shape index (κ1) is 17.3. The molecule has 1 fully saturated rings. The Morgan fingerprint density at radius 1 is 1.41 bits per heavy atom. The lowest BCUT2D eigenvalue weighted by Crippen LogP contribution is -2.27. The van der Waals surface area contributed by atoms with Gasteiger partial charge in [-0.05, 0) is 43.4 Å². The van der Waals surface area contributed by atoms with Crippen molar-refractivity contribution in [3.8, 4) is 0 Å². The average Bonchev–Trinajstić information content (AvgIpc) is 2.54. The first-order chi connectivity index (χ1) is 10.6. The third kappa shape index (κ3) is 5.97. The smallest absolute Gasteiger partial charge is 0.220 e. The van der Waals surface area contributed by atoms with Gasteiger partial charge in [0, 0.05) is 37.2 Å². The monoisotopic (exact) mass is 325 g/mol. The molecule has 0 atom stereocenters. The predicted octanol–water partition coefficient (Wildman–Crippen LogP) is 3.10. The second-order valence-corrected chi connectivity index (χ2v) is 7.02. The molecule has 22 heavy (non-hydrogen) atoms. The first-order valence-corrected chi connectivity index (χ1v) is 8.91. The number of benzene rings is 1. The molecule has 5 heteroatoms. The molecule has 1 aliphatic rings. The van der Waals surface area contributed by atoms with Gasteiger partial charge in [0.15, 0.2) is 0 Å². The van der Waals surface area contributed by atoms with Gasteiger partial charge in [0.25, 0.3) is 0 Å². The van der Waals surface area contributed by atoms with Crippen molar-refractivity contribution >= 4 is 17.7 Å². The number of ether oxygens (including phenoxy) is 1. The number of halogens is 1. The maximum absolute atomic E-state index is 13.4. The molecule has 2 rings (SSSR count). The van der Waals surface area contributed by atoms with Gasteiger partial charge in [-0.25, -0.2) is 4.39 Å². The topological polar surface area (TPSA) is 38.3 Å². The summed E-state index contributed by atoms with van der Waals surface area (Å²) in [6, 6.07) is 5.16. The molecule has 0 aromatic heterocycles. The van der Waals surface area contributed by atoms with E-state index in [1.54, 1.807) is 13.0 Å². The number of rotatable bonds is 7. The lowest BCUT2D eigenvalue weighted by molar-refractivity contribution is -0.120. The third-order valence-corrected chi connectivity index (χ3v) is 5.21. The van der Waals surface area contributed by atoms with Crippen LogP contribution in [0.3, 0.4) is 0 Å². The molecule has 1 heterocycles. The SMILES string of the molecule is Cc1ccc(CCC(=O)NCCSC2CCOCC2)cc1F. The fraction of sp³-hybridized carbons (Fsp3) is 0.588. The van der Waals surface area contributed by atoms with Gasteiger partial charge in [-0.15, -0.1) is 0 Å². The van der Waals surface area contributed by atoms with Gasteiger partial charge < -0.3 is 10.1 Å². The van der Waals surface area contributed by atoms with E-state index < -0.39 is 0 Å². The van der Waals surface area contributed by atoms with E-state index in [1.807, 2.05) is 17.8 Å². The maximum atomic E-state index is 13.4. The van der Waals surface area contributed by atoms with Crippen molar-refractivity contribution < 1.29 is 13.9 Å². The molecule has 0 radical (unpaired) electrons. The number of hydrogen-bond acceptors (Lipinski definition) is 3. The maximum Gasteiger partial charge on any atom is 0.220 e. The summed E-state index contributed by atoms with van der Waals surface area (Å²) in [6.45, 7) is 4.15. The summed E-state index contributed by atoms with van der Waals surface area (Å²) >= 11 is 1.91. The highest BCUT2D eigenvalue weighted by Crippen LogP contribution is 2.21. The Morgan fingerprint density at radius 2 is 2.18 bits per heavy atom. The van der Waals surface area contributed by atoms with Crippen LogP contribution in [-0.4, -0.2) is 36.7 Å². The van der Waals surface area contributed by atoms with Gasteiger partial charge in [0.2, 0.25) is 5.91 Å². The highest BCUT2D eigenvalue weighted by molar-refractivity contribution is 7.99. The van der Waals surface area contributed by atoms with E-state index in [0.29, 0.717) is 30.2 Å². The molecule has 1 N–H and O–H groups in total. The molecular formula is C17H24FNO2S. The van der Waals surface area contributed by atoms with E-state index in [4.69, 9.17) is 4.74 Å². The van der Waals surface area contributed by atoms with Crippen LogP contribution in [0, 0.1) is 12.7 Å². The molecule has 0 unspecified atom stereocenters. The van der Waals surface area contributed by atoms with Crippen LogP contribution >= 0.6 is 11.8 Å². The zero-order valence-corrected chi connectivity index (χ0v) is 13.9. The van der Waals surface area contributed by atoms with Gasteiger partial charge in [-0.1, -0.05) is 12.1 Å². The molecule has 1 amide bonds. The fourth-order valence-electron chi connectivity index (χ4n) is 2.40. The van der Waals surface area contributed by atoms with E-state index in [9.17, 15) is 9.18 Å². The Labute approximate surface area is 136 Å². The minimum atomic E-state index is -0.203. The van der Waals surface area contributed by atoms with Gasteiger partial charge in [0.1, 0.15) is 5.82 Å². The Morgan fingerprint density at radius 3 is 2.91 bits per heavy atom. The van der Waals surface area contributed by atoms with Crippen molar-refractivity contribution in [2.45, 2.75) is 37.9 Å². The standard InChI is InChI=1S/C17H24FNO2S/c1-13-2-3-14(12-16(13)18)4-5-17(20)19-8-11-22-15-6-9-21-10-7-15/h2-3,12,15H,4-11H2,1H3,(H,19,20). The highest BCUT2D eigenvalue weighted by atomic mass is 32.2. The molecule has 0 bridgehead atoms. The van der Waals surface area contributed by atoms with Gasteiger partial charge in [-0.3, -0.25) is 4.79 Å². The molecule has 0 spiro atoms. The minimum Gasteiger partial charge on any atom is -0.381 e. The molecule has 0 saturated carbocycles. The molecule has 1 aromatic rings. The van der Waals surface area contributed by atoms with Crippen LogP contribution < -0.4 is 5.32 Å². The zero-order chi connectivity index (χ0) is 15.8. The number of amides is 1. The number of aryl methyl sites for hydroxylation is 2. The Balaban J connectivity index is 1.58. The number of nitrogens with one attached hydrogen (secondary N) is 1. The van der Waals surface area contributed by atoms with Crippen molar-refractivity contribution in [3.05, 3.63) is 35.1 Å². The van der Waals surface area contributed by atoms with Crippen LogP contribution in [0.25, 0.3) is 0 Å². The third-order valence-electron chi connectivity index (χ3n) is 3.82. The number of thioether (sulfide) groups is 1. The Kier molecular flexibility index (Phi) is 7.19. The van der Waals surface area contributed by atoms with Gasteiger partial charge >= 0.3 is 0 Å². The summed E-state index contributed by atoms with van der Waals surface area (Å²) in [7, 11) is 0. The van der Waals surface area contributed by atoms with Crippen molar-refractivity contribution in [2.75, 3.05) is 25.5 Å². The van der Waals surface area contributed by atoms with Crippen LogP contribution in [-0.2, 0) is 16.0 Å². The zero-order valence-electron chi connectivity index (χ0n) is 13.1. The molecule has 1 aromatic carbocycles. The molecule has 1 saturated heterocycles. The number of hydrogen-bond donors (Lipinski definition) is 1. The minimum absolute atomic E-state index is 0.0357. The lowest BCUT2D eigenvalue weighted by atomic mass is 10.1. The van der Waals surface area contributed by atoms with Gasteiger partial charge in [-0.2, -0.15) is 11.8 Å². The van der Waals surface area contributed by atoms with E-state index in [2.05, 4.69) is 5.32 Å². The average molecular weight is 325 g/mol. The molecule has 122 valence electrons. The Bertz CT molecular complexity index is 490. The largest absolute Gasteiger partial charge is 0.381 e. The van der Waals surface area contributed by atoms with E-state index in [-0.39, 0.29) is 11.7 Å². The lowest BCUT2D eigenvalue weighted by Gasteiger charge is -2.21. The Hall–Kier alpha value is -1.07. The molecule has 3 nitrogen and oxygen atoms in total. The second kappa shape index (κ2) is 9.16. The van der Waals surface area contributed by atoms with Gasteiger partial charge in [0.05, 0.1) is 0 Å². The summed E-state index contributed by atoms with van der Waals surface area (Å²) in [4.78, 5) is 11.8. The van der Waals surface area contributed by atoms with E-state index >= 15 is 0 Å². The summed E-state index contributed by atoms with van der Waals surface area (Å²) < 4.78 is 18.7. The van der Waals surface area contributed by atoms with Crippen molar-refractivity contribution in [1.82, 2.24) is 5.32 Å². The van der Waals surface area contributed by atoms with E-state index in [0.717, 1.165) is 37.4 Å².